The molecule has 0 aromatic heterocycles. The van der Waals surface area contributed by atoms with Crippen molar-refractivity contribution in [2.24, 2.45) is 0 Å². The molecule has 1 heterocycles. The molecule has 1 N–H and O–H groups in total. The minimum absolute atomic E-state index is 0.0234. The summed E-state index contributed by atoms with van der Waals surface area (Å²) < 4.78 is 10.2. The summed E-state index contributed by atoms with van der Waals surface area (Å²) in [5.41, 5.74) is 2.62. The third kappa shape index (κ3) is 5.61. The molecule has 3 aromatic rings. The zero-order chi connectivity index (χ0) is 22.8. The molecule has 1 aliphatic rings. The molecule has 3 aromatic carbocycles. The van der Waals surface area contributed by atoms with E-state index < -0.39 is 4.92 Å². The molecule has 0 saturated carbocycles. The van der Waals surface area contributed by atoms with Gasteiger partial charge in [-0.1, -0.05) is 68.4 Å². The topological polar surface area (TPSA) is 81.8 Å². The first-order valence-corrected chi connectivity index (χ1v) is 10.2. The van der Waals surface area contributed by atoms with Crippen LogP contribution < -0.4 is 4.74 Å². The fraction of sp³-hybridized carbons (Fsp3) is 0.280. The number of nitrogens with zero attached hydrogens (tertiary/aromatic N) is 1. The molecule has 6 heteroatoms. The number of fused-ring (bicyclic) bond motifs is 1. The van der Waals surface area contributed by atoms with Crippen LogP contribution in [0.3, 0.4) is 0 Å². The summed E-state index contributed by atoms with van der Waals surface area (Å²) in [5.74, 6) is 0.396. The van der Waals surface area contributed by atoms with Crippen LogP contribution in [-0.4, -0.2) is 30.9 Å². The summed E-state index contributed by atoms with van der Waals surface area (Å²) >= 11 is 0. The summed E-state index contributed by atoms with van der Waals surface area (Å²) in [6.07, 6.45) is 0. The fourth-order valence-corrected chi connectivity index (χ4v) is 3.64. The van der Waals surface area contributed by atoms with Crippen LogP contribution in [0.5, 0.6) is 11.5 Å². The number of hydrogen-bond acceptors (Lipinski definition) is 5. The number of methoxy groups -OCH3 is 1. The highest BCUT2D eigenvalue weighted by atomic mass is 16.6. The lowest BCUT2D eigenvalue weighted by Crippen LogP contribution is -2.25. The van der Waals surface area contributed by atoms with Gasteiger partial charge in [-0.2, -0.15) is 0 Å². The van der Waals surface area contributed by atoms with E-state index in [4.69, 9.17) is 4.74 Å². The van der Waals surface area contributed by atoms with Crippen molar-refractivity contribution in [3.8, 4) is 11.5 Å². The van der Waals surface area contributed by atoms with Crippen molar-refractivity contribution in [1.29, 1.82) is 0 Å². The SMILES string of the molecule is CC.COC.O=[N+]([O-])c1cc(C2c3ccccc3OCC2c2ccccc2)ccc1O. The first-order valence-electron chi connectivity index (χ1n) is 10.2. The number of phenolic OH excluding ortho intramolecular Hbond substituents is 1. The molecule has 1 aliphatic heterocycles. The predicted octanol–water partition coefficient (Wildman–Crippen LogP) is 5.90. The summed E-state index contributed by atoms with van der Waals surface area (Å²) in [5, 5.41) is 21.1. The van der Waals surface area contributed by atoms with Crippen LogP contribution in [-0.2, 0) is 4.74 Å². The molecular formula is C25H29NO5. The molecule has 0 bridgehead atoms. The van der Waals surface area contributed by atoms with E-state index in [0.29, 0.717) is 6.61 Å². The number of para-hydroxylation sites is 1. The first kappa shape index (κ1) is 23.9. The molecule has 0 fully saturated rings. The summed E-state index contributed by atoms with van der Waals surface area (Å²) in [7, 11) is 3.25. The summed E-state index contributed by atoms with van der Waals surface area (Å²) in [6.45, 7) is 4.49. The maximum atomic E-state index is 11.3. The van der Waals surface area contributed by atoms with Crippen LogP contribution in [0.25, 0.3) is 0 Å². The summed E-state index contributed by atoms with van der Waals surface area (Å²) in [4.78, 5) is 10.7. The molecule has 2 atom stereocenters. The van der Waals surface area contributed by atoms with E-state index in [1.807, 2.05) is 68.4 Å². The van der Waals surface area contributed by atoms with Gasteiger partial charge in [0.15, 0.2) is 5.75 Å². The second-order valence-corrected chi connectivity index (χ2v) is 6.76. The number of nitro benzene ring substituents is 1. The molecule has 0 amide bonds. The fourth-order valence-electron chi connectivity index (χ4n) is 3.64. The number of hydrogen-bond donors (Lipinski definition) is 1. The van der Waals surface area contributed by atoms with Gasteiger partial charge in [-0.15, -0.1) is 0 Å². The molecule has 4 rings (SSSR count). The molecule has 2 unspecified atom stereocenters. The predicted molar refractivity (Wildman–Crippen MR) is 122 cm³/mol. The van der Waals surface area contributed by atoms with Crippen LogP contribution in [0.2, 0.25) is 0 Å². The number of ether oxygens (including phenoxy) is 2. The average molecular weight is 424 g/mol. The van der Waals surface area contributed by atoms with Crippen molar-refractivity contribution in [2.75, 3.05) is 20.8 Å². The van der Waals surface area contributed by atoms with Gasteiger partial charge in [0, 0.05) is 37.7 Å². The van der Waals surface area contributed by atoms with Gasteiger partial charge in [-0.25, -0.2) is 0 Å². The third-order valence-corrected chi connectivity index (χ3v) is 4.86. The van der Waals surface area contributed by atoms with Crippen molar-refractivity contribution in [3.63, 3.8) is 0 Å². The molecule has 31 heavy (non-hydrogen) atoms. The van der Waals surface area contributed by atoms with Crippen LogP contribution in [0.4, 0.5) is 5.69 Å². The lowest BCUT2D eigenvalue weighted by atomic mass is 9.76. The quantitative estimate of drug-likeness (QED) is 0.419. The number of rotatable bonds is 3. The molecular weight excluding hydrogens is 394 g/mol. The zero-order valence-corrected chi connectivity index (χ0v) is 18.3. The summed E-state index contributed by atoms with van der Waals surface area (Å²) in [6, 6.07) is 22.4. The highest BCUT2D eigenvalue weighted by Crippen LogP contribution is 2.47. The Labute approximate surface area is 183 Å². The number of benzene rings is 3. The van der Waals surface area contributed by atoms with Crippen molar-refractivity contribution in [2.45, 2.75) is 25.7 Å². The molecule has 0 saturated heterocycles. The Morgan fingerprint density at radius 2 is 1.58 bits per heavy atom. The van der Waals surface area contributed by atoms with E-state index in [1.54, 1.807) is 20.3 Å². The van der Waals surface area contributed by atoms with E-state index >= 15 is 0 Å². The van der Waals surface area contributed by atoms with E-state index in [2.05, 4.69) is 4.74 Å². The Balaban J connectivity index is 0.000000630. The first-order chi connectivity index (χ1) is 15.1. The van der Waals surface area contributed by atoms with Crippen LogP contribution >= 0.6 is 0 Å². The maximum Gasteiger partial charge on any atom is 0.310 e. The van der Waals surface area contributed by atoms with Crippen LogP contribution in [0.1, 0.15) is 42.4 Å². The Bertz CT molecular complexity index is 975. The second-order valence-electron chi connectivity index (χ2n) is 6.76. The van der Waals surface area contributed by atoms with Crippen LogP contribution in [0, 0.1) is 10.1 Å². The highest BCUT2D eigenvalue weighted by molar-refractivity contribution is 5.53. The largest absolute Gasteiger partial charge is 0.502 e. The Morgan fingerprint density at radius 1 is 0.968 bits per heavy atom. The van der Waals surface area contributed by atoms with Gasteiger partial charge in [0.1, 0.15) is 5.75 Å². The average Bonchev–Trinajstić information content (AvgIpc) is 2.81. The van der Waals surface area contributed by atoms with Crippen molar-refractivity contribution in [1.82, 2.24) is 0 Å². The Morgan fingerprint density at radius 3 is 2.23 bits per heavy atom. The monoisotopic (exact) mass is 423 g/mol. The normalized spacial score (nSPS) is 16.4. The van der Waals surface area contributed by atoms with Gasteiger partial charge in [0.25, 0.3) is 0 Å². The molecule has 6 nitrogen and oxygen atoms in total. The van der Waals surface area contributed by atoms with Gasteiger partial charge >= 0.3 is 5.69 Å². The maximum absolute atomic E-state index is 11.3. The van der Waals surface area contributed by atoms with E-state index in [1.165, 1.54) is 12.1 Å². The zero-order valence-electron chi connectivity index (χ0n) is 18.3. The highest BCUT2D eigenvalue weighted by Gasteiger charge is 2.34. The third-order valence-electron chi connectivity index (χ3n) is 4.86. The lowest BCUT2D eigenvalue weighted by molar-refractivity contribution is -0.385. The van der Waals surface area contributed by atoms with Crippen molar-refractivity contribution in [3.05, 3.63) is 99.6 Å². The van der Waals surface area contributed by atoms with Crippen LogP contribution in [0.15, 0.2) is 72.8 Å². The van der Waals surface area contributed by atoms with Gasteiger partial charge in [-0.3, -0.25) is 10.1 Å². The molecule has 0 aliphatic carbocycles. The minimum Gasteiger partial charge on any atom is -0.502 e. The number of phenols is 1. The van der Waals surface area contributed by atoms with E-state index in [-0.39, 0.29) is 23.3 Å². The van der Waals surface area contributed by atoms with Crippen molar-refractivity contribution < 1.29 is 19.5 Å². The van der Waals surface area contributed by atoms with E-state index in [9.17, 15) is 15.2 Å². The van der Waals surface area contributed by atoms with Gasteiger partial charge in [0.05, 0.1) is 11.5 Å². The van der Waals surface area contributed by atoms with Gasteiger partial charge < -0.3 is 14.6 Å². The second kappa shape index (κ2) is 11.7. The molecule has 0 radical (unpaired) electrons. The molecule has 0 spiro atoms. The molecule has 164 valence electrons. The minimum atomic E-state index is -0.554. The van der Waals surface area contributed by atoms with Gasteiger partial charge in [-0.05, 0) is 23.3 Å². The number of aromatic hydroxyl groups is 1. The lowest BCUT2D eigenvalue weighted by Gasteiger charge is -2.34. The Hall–Kier alpha value is -3.38. The Kier molecular flexibility index (Phi) is 9.03. The number of nitro groups is 1. The van der Waals surface area contributed by atoms with E-state index in [0.717, 1.165) is 22.4 Å². The van der Waals surface area contributed by atoms with Gasteiger partial charge in [0.2, 0.25) is 0 Å². The van der Waals surface area contributed by atoms with Crippen molar-refractivity contribution >= 4 is 5.69 Å². The smallest absolute Gasteiger partial charge is 0.310 e. The standard InChI is InChI=1S/C21H17NO4.C2H6O.C2H6/c23-19-11-10-15(12-18(19)22(24)25)21-16-8-4-5-9-20(16)26-13-17(21)14-6-2-1-3-7-14;1-3-2;1-2/h1-12,17,21,23H,13H2;1-2H3;1-2H3.